The Bertz CT molecular complexity index is 143. The SMILES string of the molecule is C1CCC2C(CC1)C1CCC21. The van der Waals surface area contributed by atoms with Crippen LogP contribution in [-0.2, 0) is 0 Å². The van der Waals surface area contributed by atoms with E-state index < -0.39 is 0 Å². The van der Waals surface area contributed by atoms with Gasteiger partial charge in [-0.15, -0.1) is 0 Å². The van der Waals surface area contributed by atoms with Gasteiger partial charge < -0.3 is 0 Å². The first-order chi connectivity index (χ1) is 5.47. The van der Waals surface area contributed by atoms with Crippen molar-refractivity contribution in [2.45, 2.75) is 44.9 Å². The predicted octanol–water partition coefficient (Wildman–Crippen LogP) is 3.22. The normalized spacial score (nSPS) is 54.5. The highest BCUT2D eigenvalue weighted by atomic mass is 14.6. The van der Waals surface area contributed by atoms with Crippen molar-refractivity contribution in [3.63, 3.8) is 0 Å². The predicted molar refractivity (Wildman–Crippen MR) is 46.3 cm³/mol. The smallest absolute Gasteiger partial charge is 0.0352 e. The van der Waals surface area contributed by atoms with Crippen LogP contribution < -0.4 is 0 Å². The van der Waals surface area contributed by atoms with E-state index >= 15 is 0 Å². The standard InChI is InChI=1S/C11H18/c1-2-4-8-9(5-3-1)11-7-6-10(8)11/h8-11H,1-7H2. The quantitative estimate of drug-likeness (QED) is 0.497. The highest BCUT2D eigenvalue weighted by Crippen LogP contribution is 2.62. The van der Waals surface area contributed by atoms with E-state index in [1.165, 1.54) is 30.1 Å². The van der Waals surface area contributed by atoms with Gasteiger partial charge in [-0.2, -0.15) is 0 Å². The second-order valence-corrected chi connectivity index (χ2v) is 4.87. The molecule has 0 aromatic heterocycles. The second-order valence-electron chi connectivity index (χ2n) is 4.87. The van der Waals surface area contributed by atoms with Crippen LogP contribution in [0.3, 0.4) is 0 Å². The van der Waals surface area contributed by atoms with Gasteiger partial charge in [-0.05, 0) is 49.4 Å². The maximum atomic E-state index is 1.59. The molecule has 0 heteroatoms. The molecule has 0 N–H and O–H groups in total. The number of hydrogen-bond donors (Lipinski definition) is 0. The van der Waals surface area contributed by atoms with Crippen molar-refractivity contribution in [1.29, 1.82) is 0 Å². The number of hydrogen-bond acceptors (Lipinski definition) is 0. The topological polar surface area (TPSA) is 0 Å². The van der Waals surface area contributed by atoms with Crippen molar-refractivity contribution < 1.29 is 0 Å². The van der Waals surface area contributed by atoms with Crippen molar-refractivity contribution in [1.82, 2.24) is 0 Å². The van der Waals surface area contributed by atoms with E-state index in [-0.39, 0.29) is 0 Å². The van der Waals surface area contributed by atoms with Gasteiger partial charge in [0, 0.05) is 0 Å². The zero-order chi connectivity index (χ0) is 7.26. The Kier molecular flexibility index (Phi) is 1.33. The molecule has 3 saturated carbocycles. The average Bonchev–Trinajstić information content (AvgIpc) is 2.13. The van der Waals surface area contributed by atoms with Crippen LogP contribution in [0, 0.1) is 23.7 Å². The maximum absolute atomic E-state index is 1.59. The molecule has 4 unspecified atom stereocenters. The van der Waals surface area contributed by atoms with Crippen molar-refractivity contribution in [2.24, 2.45) is 23.7 Å². The Morgan fingerprint density at radius 1 is 0.455 bits per heavy atom. The molecule has 4 atom stereocenters. The summed E-state index contributed by atoms with van der Waals surface area (Å²) in [6.07, 6.45) is 11.0. The third-order valence-electron chi connectivity index (χ3n) is 4.61. The first-order valence-corrected chi connectivity index (χ1v) is 5.47. The Labute approximate surface area is 69.4 Å². The van der Waals surface area contributed by atoms with E-state index in [0.717, 1.165) is 0 Å². The monoisotopic (exact) mass is 150 g/mol. The zero-order valence-corrected chi connectivity index (χ0v) is 7.26. The van der Waals surface area contributed by atoms with E-state index in [1.807, 2.05) is 0 Å². The highest BCUT2D eigenvalue weighted by molar-refractivity contribution is 5.03. The van der Waals surface area contributed by atoms with Gasteiger partial charge in [0.15, 0.2) is 0 Å². The lowest BCUT2D eigenvalue weighted by atomic mass is 9.46. The van der Waals surface area contributed by atoms with Crippen LogP contribution in [-0.4, -0.2) is 0 Å². The molecular weight excluding hydrogens is 132 g/mol. The lowest BCUT2D eigenvalue weighted by molar-refractivity contribution is -0.105. The molecule has 3 aliphatic carbocycles. The minimum atomic E-state index is 1.20. The molecule has 3 aliphatic rings. The van der Waals surface area contributed by atoms with Crippen molar-refractivity contribution in [2.75, 3.05) is 0 Å². The molecule has 0 aromatic rings. The zero-order valence-electron chi connectivity index (χ0n) is 7.26. The minimum absolute atomic E-state index is 1.20. The lowest BCUT2D eigenvalue weighted by Crippen LogP contribution is -2.52. The Balaban J connectivity index is 1.73. The molecule has 0 aromatic carbocycles. The first kappa shape index (κ1) is 6.51. The molecule has 0 bridgehead atoms. The Morgan fingerprint density at radius 3 is 1.36 bits per heavy atom. The summed E-state index contributed by atoms with van der Waals surface area (Å²) in [5.41, 5.74) is 0. The van der Waals surface area contributed by atoms with Crippen LogP contribution in [0.2, 0.25) is 0 Å². The Hall–Kier alpha value is 0. The average molecular weight is 150 g/mol. The van der Waals surface area contributed by atoms with Gasteiger partial charge >= 0.3 is 0 Å². The van der Waals surface area contributed by atoms with Gasteiger partial charge in [0.25, 0.3) is 0 Å². The van der Waals surface area contributed by atoms with E-state index in [9.17, 15) is 0 Å². The van der Waals surface area contributed by atoms with E-state index in [2.05, 4.69) is 0 Å². The third kappa shape index (κ3) is 0.761. The van der Waals surface area contributed by atoms with Gasteiger partial charge in [0.05, 0.1) is 0 Å². The molecule has 0 nitrogen and oxygen atoms in total. The van der Waals surface area contributed by atoms with Crippen molar-refractivity contribution in [3.05, 3.63) is 0 Å². The summed E-state index contributed by atoms with van der Waals surface area (Å²) in [4.78, 5) is 0. The first-order valence-electron chi connectivity index (χ1n) is 5.47. The summed E-state index contributed by atoms with van der Waals surface area (Å²) >= 11 is 0. The fourth-order valence-corrected chi connectivity index (χ4v) is 3.90. The fourth-order valence-electron chi connectivity index (χ4n) is 3.90. The lowest BCUT2D eigenvalue weighted by Gasteiger charge is -2.59. The molecule has 0 heterocycles. The molecule has 0 radical (unpaired) electrons. The van der Waals surface area contributed by atoms with Gasteiger partial charge in [-0.25, -0.2) is 0 Å². The molecule has 0 spiro atoms. The summed E-state index contributed by atoms with van der Waals surface area (Å²) in [5.74, 6) is 4.85. The molecule has 0 aliphatic heterocycles. The third-order valence-corrected chi connectivity index (χ3v) is 4.61. The number of fused-ring (bicyclic) bond motifs is 4. The van der Waals surface area contributed by atoms with Crippen LogP contribution >= 0.6 is 0 Å². The fraction of sp³-hybridized carbons (Fsp3) is 1.00. The highest BCUT2D eigenvalue weighted by Gasteiger charge is 2.54. The van der Waals surface area contributed by atoms with Crippen molar-refractivity contribution in [3.8, 4) is 0 Å². The van der Waals surface area contributed by atoms with E-state index in [1.54, 1.807) is 38.5 Å². The van der Waals surface area contributed by atoms with Gasteiger partial charge in [-0.3, -0.25) is 0 Å². The number of rotatable bonds is 0. The summed E-state index contributed by atoms with van der Waals surface area (Å²) in [5, 5.41) is 0. The van der Waals surface area contributed by atoms with Crippen LogP contribution in [0.15, 0.2) is 0 Å². The molecule has 62 valence electrons. The van der Waals surface area contributed by atoms with Crippen LogP contribution in [0.1, 0.15) is 44.9 Å². The molecule has 0 amide bonds. The molecular formula is C11H18. The molecule has 0 saturated heterocycles. The van der Waals surface area contributed by atoms with E-state index in [0.29, 0.717) is 0 Å². The largest absolute Gasteiger partial charge is 0.0533 e. The van der Waals surface area contributed by atoms with Crippen molar-refractivity contribution >= 4 is 0 Å². The van der Waals surface area contributed by atoms with Gasteiger partial charge in [0.1, 0.15) is 0 Å². The van der Waals surface area contributed by atoms with Gasteiger partial charge in [-0.1, -0.05) is 19.3 Å². The maximum Gasteiger partial charge on any atom is -0.0352 e. The second kappa shape index (κ2) is 2.24. The summed E-state index contributed by atoms with van der Waals surface area (Å²) < 4.78 is 0. The molecule has 3 rings (SSSR count). The molecule has 11 heavy (non-hydrogen) atoms. The van der Waals surface area contributed by atoms with Crippen LogP contribution in [0.4, 0.5) is 0 Å². The van der Waals surface area contributed by atoms with Crippen LogP contribution in [0.25, 0.3) is 0 Å². The molecule has 3 fully saturated rings. The van der Waals surface area contributed by atoms with E-state index in [4.69, 9.17) is 0 Å². The van der Waals surface area contributed by atoms with Crippen LogP contribution in [0.5, 0.6) is 0 Å². The van der Waals surface area contributed by atoms with Gasteiger partial charge in [0.2, 0.25) is 0 Å². The summed E-state index contributed by atoms with van der Waals surface area (Å²) in [7, 11) is 0. The Morgan fingerprint density at radius 2 is 0.909 bits per heavy atom. The summed E-state index contributed by atoms with van der Waals surface area (Å²) in [6.45, 7) is 0. The minimum Gasteiger partial charge on any atom is -0.0533 e. The summed E-state index contributed by atoms with van der Waals surface area (Å²) in [6, 6.07) is 0.